The molecule has 2 amide bonds. The van der Waals surface area contributed by atoms with Crippen LogP contribution in [0.1, 0.15) is 18.9 Å². The highest BCUT2D eigenvalue weighted by molar-refractivity contribution is 8.02. The van der Waals surface area contributed by atoms with E-state index >= 15 is 0 Å². The zero-order valence-corrected chi connectivity index (χ0v) is 14.7. The summed E-state index contributed by atoms with van der Waals surface area (Å²) in [4.78, 5) is 25.8. The lowest BCUT2D eigenvalue weighted by atomic mass is 10.1. The molecular weight excluding hydrogens is 339 g/mol. The van der Waals surface area contributed by atoms with Crippen molar-refractivity contribution in [2.45, 2.75) is 29.4 Å². The number of thioether (sulfide) groups is 1. The highest BCUT2D eigenvalue weighted by Gasteiger charge is 2.45. The average molecular weight is 358 g/mol. The van der Waals surface area contributed by atoms with Crippen molar-refractivity contribution < 1.29 is 14.0 Å². The van der Waals surface area contributed by atoms with Gasteiger partial charge in [-0.05, 0) is 49.6 Å². The van der Waals surface area contributed by atoms with E-state index < -0.39 is 4.75 Å². The Bertz CT molecular complexity index is 812. The Morgan fingerprint density at radius 2 is 2.04 bits per heavy atom. The maximum absolute atomic E-state index is 13.1. The first-order valence-corrected chi connectivity index (χ1v) is 8.93. The summed E-state index contributed by atoms with van der Waals surface area (Å²) in [5.74, 6) is -0.898. The molecule has 4 nitrogen and oxygen atoms in total. The van der Waals surface area contributed by atoms with Crippen LogP contribution in [0.15, 0.2) is 53.4 Å². The van der Waals surface area contributed by atoms with Crippen molar-refractivity contribution in [2.75, 3.05) is 11.9 Å². The number of aryl methyl sites for hydroxylation is 1. The molecule has 0 aromatic heterocycles. The standard InChI is InChI=1S/C19H19FN2O2S/c1-19(18(24)22-15-9-2-3-10-16(15)25-19)17(23)21-11-5-7-13-6-4-8-14(20)12-13/h2-4,6,8-10,12H,5,7,11H2,1H3,(H,21,23)(H,22,24). The van der Waals surface area contributed by atoms with Gasteiger partial charge < -0.3 is 10.6 Å². The van der Waals surface area contributed by atoms with Gasteiger partial charge in [-0.25, -0.2) is 4.39 Å². The number of carbonyl (C=O) groups is 2. The number of nitrogens with one attached hydrogen (secondary N) is 2. The predicted octanol–water partition coefficient (Wildman–Crippen LogP) is 3.38. The molecule has 2 aromatic carbocycles. The van der Waals surface area contributed by atoms with E-state index in [9.17, 15) is 14.0 Å². The Morgan fingerprint density at radius 3 is 2.84 bits per heavy atom. The summed E-state index contributed by atoms with van der Waals surface area (Å²) in [6.45, 7) is 2.06. The summed E-state index contributed by atoms with van der Waals surface area (Å²) in [5, 5.41) is 5.62. The lowest BCUT2D eigenvalue weighted by Crippen LogP contribution is -2.52. The van der Waals surface area contributed by atoms with Crippen LogP contribution in [0.2, 0.25) is 0 Å². The fourth-order valence-corrected chi connectivity index (χ4v) is 3.80. The summed E-state index contributed by atoms with van der Waals surface area (Å²) >= 11 is 1.26. The first-order chi connectivity index (χ1) is 12.0. The smallest absolute Gasteiger partial charge is 0.250 e. The number of hydrogen-bond acceptors (Lipinski definition) is 3. The molecule has 0 radical (unpaired) electrons. The summed E-state index contributed by atoms with van der Waals surface area (Å²) in [6.07, 6.45) is 1.34. The molecule has 0 aliphatic carbocycles. The summed E-state index contributed by atoms with van der Waals surface area (Å²) in [5.41, 5.74) is 1.62. The Labute approximate surface area is 150 Å². The number of hydrogen-bond donors (Lipinski definition) is 2. The van der Waals surface area contributed by atoms with Crippen LogP contribution in [0.25, 0.3) is 0 Å². The predicted molar refractivity (Wildman–Crippen MR) is 97.1 cm³/mol. The molecule has 0 fully saturated rings. The van der Waals surface area contributed by atoms with Crippen LogP contribution in [0.3, 0.4) is 0 Å². The fourth-order valence-electron chi connectivity index (χ4n) is 2.67. The molecule has 2 N–H and O–H groups in total. The second-order valence-corrected chi connectivity index (χ2v) is 7.54. The third-order valence-corrected chi connectivity index (χ3v) is 5.49. The Balaban J connectivity index is 1.56. The minimum absolute atomic E-state index is 0.261. The SMILES string of the molecule is CC1(C(=O)NCCCc2cccc(F)c2)Sc2ccccc2NC1=O. The second kappa shape index (κ2) is 7.27. The summed E-state index contributed by atoms with van der Waals surface area (Å²) in [6, 6.07) is 13.8. The Morgan fingerprint density at radius 1 is 1.24 bits per heavy atom. The molecule has 1 atom stereocenters. The second-order valence-electron chi connectivity index (χ2n) is 6.07. The van der Waals surface area contributed by atoms with E-state index in [0.29, 0.717) is 19.4 Å². The van der Waals surface area contributed by atoms with Gasteiger partial charge in [-0.3, -0.25) is 9.59 Å². The van der Waals surface area contributed by atoms with Gasteiger partial charge in [0.1, 0.15) is 5.82 Å². The van der Waals surface area contributed by atoms with E-state index in [0.717, 1.165) is 16.1 Å². The quantitative estimate of drug-likeness (QED) is 0.636. The Kier molecular flexibility index (Phi) is 5.08. The molecular formula is C19H19FN2O2S. The van der Waals surface area contributed by atoms with Gasteiger partial charge in [0.25, 0.3) is 0 Å². The maximum Gasteiger partial charge on any atom is 0.250 e. The molecule has 1 heterocycles. The van der Waals surface area contributed by atoms with Gasteiger partial charge in [0.05, 0.1) is 5.69 Å². The van der Waals surface area contributed by atoms with Crippen LogP contribution in [0, 0.1) is 5.82 Å². The average Bonchev–Trinajstić information content (AvgIpc) is 2.59. The molecule has 1 aliphatic heterocycles. The van der Waals surface area contributed by atoms with Crippen molar-refractivity contribution in [1.29, 1.82) is 0 Å². The van der Waals surface area contributed by atoms with Crippen molar-refractivity contribution in [3.05, 3.63) is 59.9 Å². The highest BCUT2D eigenvalue weighted by atomic mass is 32.2. The van der Waals surface area contributed by atoms with Gasteiger partial charge >= 0.3 is 0 Å². The number of anilines is 1. The van der Waals surface area contributed by atoms with Gasteiger partial charge in [0.2, 0.25) is 11.8 Å². The van der Waals surface area contributed by atoms with E-state index in [1.165, 1.54) is 23.9 Å². The van der Waals surface area contributed by atoms with Crippen LogP contribution >= 0.6 is 11.8 Å². The number of benzene rings is 2. The van der Waals surface area contributed by atoms with Crippen LogP contribution < -0.4 is 10.6 Å². The summed E-state index contributed by atoms with van der Waals surface area (Å²) < 4.78 is 11.9. The van der Waals surface area contributed by atoms with Crippen molar-refractivity contribution in [2.24, 2.45) is 0 Å². The van der Waals surface area contributed by atoms with Crippen LogP contribution in [0.5, 0.6) is 0 Å². The normalized spacial score (nSPS) is 19.0. The van der Waals surface area contributed by atoms with Crippen molar-refractivity contribution in [3.8, 4) is 0 Å². The number of carbonyl (C=O) groups excluding carboxylic acids is 2. The minimum Gasteiger partial charge on any atom is -0.354 e. The molecule has 25 heavy (non-hydrogen) atoms. The number of halogens is 1. The van der Waals surface area contributed by atoms with Crippen LogP contribution in [-0.4, -0.2) is 23.1 Å². The monoisotopic (exact) mass is 358 g/mol. The number of para-hydroxylation sites is 1. The lowest BCUT2D eigenvalue weighted by molar-refractivity contribution is -0.129. The topological polar surface area (TPSA) is 58.2 Å². The Hall–Kier alpha value is -2.34. The van der Waals surface area contributed by atoms with E-state index in [1.807, 2.05) is 30.3 Å². The van der Waals surface area contributed by atoms with Crippen molar-refractivity contribution >= 4 is 29.3 Å². The van der Waals surface area contributed by atoms with Crippen molar-refractivity contribution in [3.63, 3.8) is 0 Å². The molecule has 1 aliphatic rings. The van der Waals surface area contributed by atoms with Gasteiger partial charge in [-0.15, -0.1) is 0 Å². The van der Waals surface area contributed by atoms with E-state index in [-0.39, 0.29) is 17.6 Å². The lowest BCUT2D eigenvalue weighted by Gasteiger charge is -2.31. The zero-order chi connectivity index (χ0) is 17.9. The molecule has 2 aromatic rings. The van der Waals surface area contributed by atoms with Gasteiger partial charge in [0, 0.05) is 11.4 Å². The first-order valence-electron chi connectivity index (χ1n) is 8.11. The maximum atomic E-state index is 13.1. The molecule has 1 unspecified atom stereocenters. The fraction of sp³-hybridized carbons (Fsp3) is 0.263. The molecule has 6 heteroatoms. The third-order valence-electron chi connectivity index (χ3n) is 4.13. The van der Waals surface area contributed by atoms with Crippen LogP contribution in [0.4, 0.5) is 10.1 Å². The third kappa shape index (κ3) is 3.85. The van der Waals surface area contributed by atoms with Gasteiger partial charge in [-0.2, -0.15) is 0 Å². The zero-order valence-electron chi connectivity index (χ0n) is 13.8. The summed E-state index contributed by atoms with van der Waals surface area (Å²) in [7, 11) is 0. The first kappa shape index (κ1) is 17.5. The molecule has 0 spiro atoms. The molecule has 0 saturated heterocycles. The highest BCUT2D eigenvalue weighted by Crippen LogP contribution is 2.42. The van der Waals surface area contributed by atoms with Gasteiger partial charge in [-0.1, -0.05) is 36.0 Å². The van der Waals surface area contributed by atoms with E-state index in [1.54, 1.807) is 13.0 Å². The molecule has 3 rings (SSSR count). The van der Waals surface area contributed by atoms with E-state index in [2.05, 4.69) is 10.6 Å². The van der Waals surface area contributed by atoms with Gasteiger partial charge in [0.15, 0.2) is 4.75 Å². The molecule has 130 valence electrons. The molecule has 0 saturated carbocycles. The van der Waals surface area contributed by atoms with Crippen LogP contribution in [-0.2, 0) is 16.0 Å². The number of amides is 2. The number of rotatable bonds is 5. The number of fused-ring (bicyclic) bond motifs is 1. The molecule has 0 bridgehead atoms. The minimum atomic E-state index is -1.20. The van der Waals surface area contributed by atoms with E-state index in [4.69, 9.17) is 0 Å². The van der Waals surface area contributed by atoms with Crippen molar-refractivity contribution in [1.82, 2.24) is 5.32 Å². The largest absolute Gasteiger partial charge is 0.354 e.